The zero-order valence-electron chi connectivity index (χ0n) is 12.8. The van der Waals surface area contributed by atoms with E-state index in [-0.39, 0.29) is 10.6 Å². The number of benzene rings is 1. The van der Waals surface area contributed by atoms with Crippen molar-refractivity contribution in [2.24, 2.45) is 10.5 Å². The first-order valence-corrected chi connectivity index (χ1v) is 7.22. The standard InChI is InChI=1S/C15H16ClF3N2O2/c1-13(2,3)14(23)8-11(15(17,18)19)20-21(14)12(22)9-6-4-5-7-10(9)16/h4-7,23H,8H2,1-3H3/t14-/m1/s1. The number of aliphatic hydroxyl groups is 1. The van der Waals surface area contributed by atoms with Gasteiger partial charge in [0.25, 0.3) is 5.91 Å². The van der Waals surface area contributed by atoms with E-state index in [1.54, 1.807) is 6.07 Å². The number of alkyl halides is 3. The number of halogens is 4. The Morgan fingerprint density at radius 3 is 2.35 bits per heavy atom. The van der Waals surface area contributed by atoms with E-state index in [1.165, 1.54) is 39.0 Å². The van der Waals surface area contributed by atoms with Gasteiger partial charge in [0.2, 0.25) is 0 Å². The molecule has 2 rings (SSSR count). The zero-order chi connectivity index (χ0) is 17.6. The van der Waals surface area contributed by atoms with Crippen molar-refractivity contribution in [1.29, 1.82) is 0 Å². The van der Waals surface area contributed by atoms with Crippen molar-refractivity contribution in [3.8, 4) is 0 Å². The maximum absolute atomic E-state index is 13.0. The van der Waals surface area contributed by atoms with Gasteiger partial charge in [0.1, 0.15) is 5.71 Å². The Labute approximate surface area is 136 Å². The number of carbonyl (C=O) groups excluding carboxylic acids is 1. The topological polar surface area (TPSA) is 52.9 Å². The average Bonchev–Trinajstić information content (AvgIpc) is 2.77. The normalized spacial score (nSPS) is 22.3. The molecule has 1 aliphatic rings. The van der Waals surface area contributed by atoms with Crippen molar-refractivity contribution >= 4 is 23.2 Å². The Balaban J connectivity index is 2.53. The quantitative estimate of drug-likeness (QED) is 0.838. The summed E-state index contributed by atoms with van der Waals surface area (Å²) in [7, 11) is 0. The minimum Gasteiger partial charge on any atom is -0.368 e. The predicted molar refractivity (Wildman–Crippen MR) is 80.1 cm³/mol. The Bertz CT molecular complexity index is 667. The molecule has 0 unspecified atom stereocenters. The van der Waals surface area contributed by atoms with Crippen molar-refractivity contribution in [1.82, 2.24) is 5.01 Å². The van der Waals surface area contributed by atoms with Gasteiger partial charge in [-0.2, -0.15) is 23.3 Å². The van der Waals surface area contributed by atoms with E-state index in [9.17, 15) is 23.1 Å². The third-order valence-electron chi connectivity index (χ3n) is 3.81. The van der Waals surface area contributed by atoms with Crippen molar-refractivity contribution in [2.45, 2.75) is 39.1 Å². The van der Waals surface area contributed by atoms with Gasteiger partial charge in [-0.15, -0.1) is 0 Å². The first-order chi connectivity index (χ1) is 10.4. The molecule has 1 atom stereocenters. The zero-order valence-corrected chi connectivity index (χ0v) is 13.5. The number of rotatable bonds is 1. The van der Waals surface area contributed by atoms with Gasteiger partial charge in [-0.3, -0.25) is 4.79 Å². The molecule has 0 aromatic heterocycles. The summed E-state index contributed by atoms with van der Waals surface area (Å²) in [5.74, 6) is -0.882. The van der Waals surface area contributed by atoms with Crippen LogP contribution in [0.15, 0.2) is 29.4 Å². The molecule has 126 valence electrons. The summed E-state index contributed by atoms with van der Waals surface area (Å²) >= 11 is 5.93. The second kappa shape index (κ2) is 5.49. The second-order valence-corrected chi connectivity index (χ2v) is 6.79. The lowest BCUT2D eigenvalue weighted by Gasteiger charge is -2.41. The third-order valence-corrected chi connectivity index (χ3v) is 4.14. The summed E-state index contributed by atoms with van der Waals surface area (Å²) in [5, 5.41) is 14.7. The smallest absolute Gasteiger partial charge is 0.368 e. The Morgan fingerprint density at radius 1 is 1.30 bits per heavy atom. The summed E-state index contributed by atoms with van der Waals surface area (Å²) in [5.41, 5.74) is -4.38. The van der Waals surface area contributed by atoms with Crippen LogP contribution in [0.4, 0.5) is 13.2 Å². The third kappa shape index (κ3) is 3.07. The summed E-state index contributed by atoms with van der Waals surface area (Å²) < 4.78 is 39.0. The highest BCUT2D eigenvalue weighted by molar-refractivity contribution is 6.33. The Hall–Kier alpha value is -1.60. The van der Waals surface area contributed by atoms with Crippen LogP contribution in [0.1, 0.15) is 37.6 Å². The van der Waals surface area contributed by atoms with E-state index in [2.05, 4.69) is 5.10 Å². The summed E-state index contributed by atoms with van der Waals surface area (Å²) in [4.78, 5) is 12.6. The largest absolute Gasteiger partial charge is 0.431 e. The first kappa shape index (κ1) is 17.7. The molecule has 4 nitrogen and oxygen atoms in total. The highest BCUT2D eigenvalue weighted by atomic mass is 35.5. The predicted octanol–water partition coefficient (Wildman–Crippen LogP) is 3.84. The molecule has 0 spiro atoms. The number of hydrazone groups is 1. The van der Waals surface area contributed by atoms with Crippen molar-refractivity contribution in [2.75, 3.05) is 0 Å². The molecule has 1 aromatic rings. The van der Waals surface area contributed by atoms with Crippen LogP contribution >= 0.6 is 11.6 Å². The molecular formula is C15H16ClF3N2O2. The number of nitrogens with zero attached hydrogens (tertiary/aromatic N) is 2. The maximum atomic E-state index is 13.0. The minimum atomic E-state index is -4.73. The van der Waals surface area contributed by atoms with Crippen molar-refractivity contribution in [3.63, 3.8) is 0 Å². The van der Waals surface area contributed by atoms with Crippen LogP contribution in [0.2, 0.25) is 5.02 Å². The average molecular weight is 349 g/mol. The molecule has 8 heteroatoms. The van der Waals surface area contributed by atoms with Gasteiger partial charge in [0, 0.05) is 11.8 Å². The molecule has 23 heavy (non-hydrogen) atoms. The fourth-order valence-electron chi connectivity index (χ4n) is 2.25. The lowest BCUT2D eigenvalue weighted by atomic mass is 9.80. The fourth-order valence-corrected chi connectivity index (χ4v) is 2.47. The maximum Gasteiger partial charge on any atom is 0.431 e. The van der Waals surface area contributed by atoms with Gasteiger partial charge in [0.15, 0.2) is 5.72 Å². The van der Waals surface area contributed by atoms with E-state index >= 15 is 0 Å². The lowest BCUT2D eigenvalue weighted by Crippen LogP contribution is -2.55. The van der Waals surface area contributed by atoms with Crippen LogP contribution in [0.25, 0.3) is 0 Å². The van der Waals surface area contributed by atoms with Gasteiger partial charge in [0.05, 0.1) is 10.6 Å². The first-order valence-electron chi connectivity index (χ1n) is 6.84. The molecule has 0 fully saturated rings. The van der Waals surface area contributed by atoms with Gasteiger partial charge in [-0.05, 0) is 12.1 Å². The SMILES string of the molecule is CC(C)(C)[C@]1(O)CC(C(F)(F)F)=NN1C(=O)c1ccccc1Cl. The van der Waals surface area contributed by atoms with Gasteiger partial charge < -0.3 is 5.11 Å². The highest BCUT2D eigenvalue weighted by Crippen LogP contribution is 2.44. The van der Waals surface area contributed by atoms with Crippen molar-refractivity contribution < 1.29 is 23.1 Å². The lowest BCUT2D eigenvalue weighted by molar-refractivity contribution is -0.144. The van der Waals surface area contributed by atoms with E-state index in [1.807, 2.05) is 0 Å². The van der Waals surface area contributed by atoms with Gasteiger partial charge in [-0.25, -0.2) is 0 Å². The highest BCUT2D eigenvalue weighted by Gasteiger charge is 2.57. The number of hydrogen-bond acceptors (Lipinski definition) is 3. The molecule has 0 radical (unpaired) electrons. The fraction of sp³-hybridized carbons (Fsp3) is 0.467. The molecule has 0 saturated heterocycles. The number of carbonyl (C=O) groups is 1. The number of hydrogen-bond donors (Lipinski definition) is 1. The molecule has 1 aliphatic heterocycles. The van der Waals surface area contributed by atoms with Crippen LogP contribution in [-0.2, 0) is 0 Å². The monoisotopic (exact) mass is 348 g/mol. The van der Waals surface area contributed by atoms with Crippen LogP contribution in [0.5, 0.6) is 0 Å². The molecular weight excluding hydrogens is 333 g/mol. The molecule has 0 saturated carbocycles. The van der Waals surface area contributed by atoms with Crippen LogP contribution in [-0.4, -0.2) is 33.6 Å². The van der Waals surface area contributed by atoms with E-state index < -0.39 is 35.4 Å². The second-order valence-electron chi connectivity index (χ2n) is 6.38. The van der Waals surface area contributed by atoms with Crippen LogP contribution in [0, 0.1) is 5.41 Å². The van der Waals surface area contributed by atoms with Crippen LogP contribution < -0.4 is 0 Å². The van der Waals surface area contributed by atoms with Crippen LogP contribution in [0.3, 0.4) is 0 Å². The Kier molecular flexibility index (Phi) is 4.24. The number of amides is 1. The summed E-state index contributed by atoms with van der Waals surface area (Å²) in [6.45, 7) is 4.61. The Morgan fingerprint density at radius 2 is 1.87 bits per heavy atom. The molecule has 0 bridgehead atoms. The van der Waals surface area contributed by atoms with E-state index in [4.69, 9.17) is 11.6 Å². The summed E-state index contributed by atoms with van der Waals surface area (Å²) in [6, 6.07) is 5.92. The molecule has 1 N–H and O–H groups in total. The molecule has 1 amide bonds. The van der Waals surface area contributed by atoms with Gasteiger partial charge >= 0.3 is 6.18 Å². The van der Waals surface area contributed by atoms with Gasteiger partial charge in [-0.1, -0.05) is 44.5 Å². The minimum absolute atomic E-state index is 0.0241. The summed E-state index contributed by atoms with van der Waals surface area (Å²) in [6.07, 6.45) is -5.52. The van der Waals surface area contributed by atoms with E-state index in [0.717, 1.165) is 0 Å². The van der Waals surface area contributed by atoms with Crippen molar-refractivity contribution in [3.05, 3.63) is 34.9 Å². The molecule has 1 aromatic carbocycles. The molecule has 1 heterocycles. The van der Waals surface area contributed by atoms with E-state index in [0.29, 0.717) is 5.01 Å². The molecule has 0 aliphatic carbocycles.